The van der Waals surface area contributed by atoms with Crippen LogP contribution in [0.25, 0.3) is 0 Å². The van der Waals surface area contributed by atoms with E-state index in [-0.39, 0.29) is 45.8 Å². The van der Waals surface area contributed by atoms with Gasteiger partial charge in [0.25, 0.3) is 0 Å². The molecule has 0 aromatic heterocycles. The maximum Gasteiger partial charge on any atom is 0.459 e. The summed E-state index contributed by atoms with van der Waals surface area (Å²) >= 11 is 0. The van der Waals surface area contributed by atoms with E-state index in [1.807, 2.05) is 18.2 Å². The van der Waals surface area contributed by atoms with E-state index in [1.165, 1.54) is 0 Å². The van der Waals surface area contributed by atoms with Gasteiger partial charge in [-0.2, -0.15) is 30.7 Å². The van der Waals surface area contributed by atoms with Gasteiger partial charge in [0.2, 0.25) is 0 Å². The predicted octanol–water partition coefficient (Wildman–Crippen LogP) is 6.78. The van der Waals surface area contributed by atoms with Crippen molar-refractivity contribution in [2.24, 2.45) is 0 Å². The molecule has 1 atom stereocenters. The first kappa shape index (κ1) is 35.6. The number of nitrogens with zero attached hydrogens (tertiary/aromatic N) is 1. The van der Waals surface area contributed by atoms with Gasteiger partial charge in [0, 0.05) is 32.4 Å². The van der Waals surface area contributed by atoms with Crippen LogP contribution in [0.5, 0.6) is 5.75 Å². The minimum absolute atomic E-state index is 0.0172. The summed E-state index contributed by atoms with van der Waals surface area (Å²) < 4.78 is 107. The smallest absolute Gasteiger partial charge is 0.459 e. The lowest BCUT2D eigenvalue weighted by Crippen LogP contribution is -2.51. The number of alkyl halides is 7. The zero-order valence-electron chi connectivity index (χ0n) is 23.4. The van der Waals surface area contributed by atoms with Gasteiger partial charge in [-0.25, -0.2) is 9.59 Å². The number of carboxylic acid groups (broad SMARTS) is 1. The highest BCUT2D eigenvalue weighted by Gasteiger charge is 2.72. The molecule has 0 aliphatic heterocycles. The van der Waals surface area contributed by atoms with Gasteiger partial charge in [-0.1, -0.05) is 42.5 Å². The minimum Gasteiger partial charge on any atom is -0.492 e. The number of amides is 1. The van der Waals surface area contributed by atoms with Gasteiger partial charge in [-0.15, -0.1) is 0 Å². The van der Waals surface area contributed by atoms with Crippen molar-refractivity contribution < 1.29 is 59.6 Å². The molecule has 0 radical (unpaired) electrons. The van der Waals surface area contributed by atoms with Crippen molar-refractivity contribution in [3.8, 4) is 5.75 Å². The van der Waals surface area contributed by atoms with Crippen LogP contribution in [0.3, 0.4) is 0 Å². The van der Waals surface area contributed by atoms with Crippen molar-refractivity contribution in [2.75, 3.05) is 32.9 Å². The van der Waals surface area contributed by atoms with Crippen LogP contribution in [0.15, 0.2) is 54.6 Å². The summed E-state index contributed by atoms with van der Waals surface area (Å²) in [7, 11) is 0. The largest absolute Gasteiger partial charge is 0.492 e. The maximum atomic E-state index is 13.6. The average molecular weight is 626 g/mol. The van der Waals surface area contributed by atoms with E-state index in [0.717, 1.165) is 10.5 Å². The summed E-state index contributed by atoms with van der Waals surface area (Å²) in [5, 5.41) is 9.22. The van der Waals surface area contributed by atoms with Gasteiger partial charge < -0.3 is 24.2 Å². The normalized spacial score (nSPS) is 12.9. The lowest BCUT2D eigenvalue weighted by molar-refractivity contribution is -0.355. The second-order valence-corrected chi connectivity index (χ2v) is 9.55. The number of rotatable bonds is 18. The van der Waals surface area contributed by atoms with Crippen LogP contribution in [0.4, 0.5) is 35.5 Å². The number of ether oxygens (including phenoxy) is 3. The van der Waals surface area contributed by atoms with Gasteiger partial charge in [0.15, 0.2) is 6.10 Å². The molecule has 1 N–H and O–H groups in total. The van der Waals surface area contributed by atoms with Crippen LogP contribution in [0.2, 0.25) is 0 Å². The fourth-order valence-electron chi connectivity index (χ4n) is 3.93. The molecule has 14 heteroatoms. The highest BCUT2D eigenvalue weighted by molar-refractivity contribution is 5.72. The lowest BCUT2D eigenvalue weighted by atomic mass is 10.0. The third kappa shape index (κ3) is 11.2. The molecule has 7 nitrogen and oxygen atoms in total. The van der Waals surface area contributed by atoms with E-state index < -0.39 is 49.0 Å². The number of aliphatic carboxylic acids is 1. The van der Waals surface area contributed by atoms with E-state index in [0.29, 0.717) is 17.7 Å². The topological polar surface area (TPSA) is 85.3 Å². The number of hydrogen-bond acceptors (Lipinski definition) is 5. The van der Waals surface area contributed by atoms with Gasteiger partial charge in [-0.05, 0) is 43.0 Å². The first-order valence-corrected chi connectivity index (χ1v) is 13.5. The van der Waals surface area contributed by atoms with Gasteiger partial charge >= 0.3 is 30.1 Å². The number of hydrogen-bond donors (Lipinski definition) is 1. The fourth-order valence-corrected chi connectivity index (χ4v) is 3.93. The maximum absolute atomic E-state index is 13.6. The number of halogens is 7. The van der Waals surface area contributed by atoms with Crippen LogP contribution in [-0.2, 0) is 27.1 Å². The predicted molar refractivity (Wildman–Crippen MR) is 142 cm³/mol. The Balaban J connectivity index is 1.95. The zero-order valence-corrected chi connectivity index (χ0v) is 23.4. The molecule has 43 heavy (non-hydrogen) atoms. The summed E-state index contributed by atoms with van der Waals surface area (Å²) in [4.78, 5) is 25.1. The third-order valence-corrected chi connectivity index (χ3v) is 6.32. The fraction of sp³-hybridized carbons (Fsp3) is 0.517. The SMILES string of the molecule is CCOC(Cc1ccc(OCCN(CCCCC(F)(F)C(F)(F)C(F)(F)F)C(=O)OCCc2ccccc2)cc1)C(=O)O. The van der Waals surface area contributed by atoms with Crippen molar-refractivity contribution in [2.45, 2.75) is 63.2 Å². The average Bonchev–Trinajstić information content (AvgIpc) is 2.94. The molecule has 240 valence electrons. The van der Waals surface area contributed by atoms with Crippen LogP contribution < -0.4 is 4.74 Å². The third-order valence-electron chi connectivity index (χ3n) is 6.32. The Hall–Kier alpha value is -3.55. The van der Waals surface area contributed by atoms with Crippen LogP contribution in [0, 0.1) is 0 Å². The van der Waals surface area contributed by atoms with Crippen LogP contribution in [0.1, 0.15) is 37.3 Å². The van der Waals surface area contributed by atoms with E-state index in [1.54, 1.807) is 43.3 Å². The Morgan fingerprint density at radius 3 is 2.09 bits per heavy atom. The first-order valence-electron chi connectivity index (χ1n) is 13.5. The number of carbonyl (C=O) groups is 2. The Labute approximate surface area is 244 Å². The standard InChI is InChI=1S/C29H34F7NO6/c1-2-41-24(25(38)39)20-22-10-12-23(13-11-22)42-19-17-37(26(40)43-18-14-21-8-4-3-5-9-21)16-7-6-15-27(30,31)28(32,33)29(34,35)36/h3-5,8-13,24H,2,6-7,14-20H2,1H3,(H,38,39). The molecule has 2 rings (SSSR count). The Morgan fingerprint density at radius 2 is 1.51 bits per heavy atom. The van der Waals surface area contributed by atoms with E-state index >= 15 is 0 Å². The molecule has 1 unspecified atom stereocenters. The van der Waals surface area contributed by atoms with Crippen molar-refractivity contribution in [1.82, 2.24) is 4.90 Å². The second-order valence-electron chi connectivity index (χ2n) is 9.55. The summed E-state index contributed by atoms with van der Waals surface area (Å²) in [6.07, 6.45) is -10.5. The van der Waals surface area contributed by atoms with Crippen molar-refractivity contribution in [1.29, 1.82) is 0 Å². The van der Waals surface area contributed by atoms with Gasteiger partial charge in [0.05, 0.1) is 13.2 Å². The molecular formula is C29H34F7NO6. The van der Waals surface area contributed by atoms with E-state index in [9.17, 15) is 45.4 Å². The molecule has 0 spiro atoms. The number of benzene rings is 2. The Kier molecular flexibility index (Phi) is 13.5. The minimum atomic E-state index is -6.40. The van der Waals surface area contributed by atoms with Crippen LogP contribution >= 0.6 is 0 Å². The van der Waals surface area contributed by atoms with Gasteiger partial charge in [0.1, 0.15) is 12.4 Å². The summed E-state index contributed by atoms with van der Waals surface area (Å²) in [5.41, 5.74) is 1.56. The summed E-state index contributed by atoms with van der Waals surface area (Å²) in [6.45, 7) is 1.44. The van der Waals surface area contributed by atoms with E-state index in [4.69, 9.17) is 14.2 Å². The number of carboxylic acids is 1. The zero-order chi connectivity index (χ0) is 32.1. The molecule has 0 aliphatic rings. The molecule has 2 aromatic carbocycles. The molecule has 0 saturated heterocycles. The second kappa shape index (κ2) is 16.3. The Bertz CT molecular complexity index is 1130. The van der Waals surface area contributed by atoms with Crippen LogP contribution in [-0.4, -0.2) is 79.1 Å². The van der Waals surface area contributed by atoms with Gasteiger partial charge in [-0.3, -0.25) is 0 Å². The highest BCUT2D eigenvalue weighted by Crippen LogP contribution is 2.48. The first-order chi connectivity index (χ1) is 20.2. The number of unbranched alkanes of at least 4 members (excludes halogenated alkanes) is 1. The van der Waals surface area contributed by atoms with E-state index in [2.05, 4.69) is 0 Å². The highest BCUT2D eigenvalue weighted by atomic mass is 19.4. The molecule has 0 bridgehead atoms. The summed E-state index contributed by atoms with van der Waals surface area (Å²) in [5.74, 6) is -12.2. The molecule has 0 saturated carbocycles. The molecule has 1 amide bonds. The molecule has 0 aliphatic carbocycles. The lowest BCUT2D eigenvalue weighted by Gasteiger charge is -2.28. The summed E-state index contributed by atoms with van der Waals surface area (Å²) in [6, 6.07) is 15.5. The molecular weight excluding hydrogens is 591 g/mol. The van der Waals surface area contributed by atoms with Crippen molar-refractivity contribution >= 4 is 12.1 Å². The molecule has 0 fully saturated rings. The van der Waals surface area contributed by atoms with Crippen molar-refractivity contribution in [3.05, 3.63) is 65.7 Å². The monoisotopic (exact) mass is 625 g/mol. The molecule has 0 heterocycles. The quantitative estimate of drug-likeness (QED) is 0.145. The molecule has 2 aromatic rings. The number of carbonyl (C=O) groups excluding carboxylic acids is 1. The Morgan fingerprint density at radius 1 is 0.860 bits per heavy atom. The van der Waals surface area contributed by atoms with Crippen molar-refractivity contribution in [3.63, 3.8) is 0 Å².